The smallest absolute Gasteiger partial charge is 0.336 e. The molecule has 7 heteroatoms. The Labute approximate surface area is 219 Å². The van der Waals surface area contributed by atoms with Crippen LogP contribution in [0.25, 0.3) is 0 Å². The lowest BCUT2D eigenvalue weighted by atomic mass is 9.83. The quantitative estimate of drug-likeness (QED) is 0.518. The molecule has 0 spiro atoms. The van der Waals surface area contributed by atoms with Crippen molar-refractivity contribution in [3.63, 3.8) is 0 Å². The molecule has 0 aromatic heterocycles. The molecule has 4 rings (SSSR count). The molecule has 1 N–H and O–H groups in total. The predicted octanol–water partition coefficient (Wildman–Crippen LogP) is 4.26. The van der Waals surface area contributed by atoms with Crippen LogP contribution >= 0.6 is 0 Å². The van der Waals surface area contributed by atoms with E-state index in [2.05, 4.69) is 10.2 Å². The van der Waals surface area contributed by atoms with Gasteiger partial charge in [0.25, 0.3) is 5.91 Å². The van der Waals surface area contributed by atoms with Crippen molar-refractivity contribution in [1.82, 2.24) is 15.1 Å². The number of carbonyl (C=O) groups is 3. The fourth-order valence-corrected chi connectivity index (χ4v) is 5.20. The average molecular weight is 504 g/mol. The summed E-state index contributed by atoms with van der Waals surface area (Å²) in [5.41, 5.74) is 3.55. The van der Waals surface area contributed by atoms with Gasteiger partial charge in [-0.1, -0.05) is 48.9 Å². The lowest BCUT2D eigenvalue weighted by molar-refractivity contribution is -0.140. The number of rotatable bonds is 9. The van der Waals surface area contributed by atoms with Crippen LogP contribution in [-0.4, -0.2) is 60.4 Å². The van der Waals surface area contributed by atoms with Crippen LogP contribution in [0.1, 0.15) is 66.9 Å². The lowest BCUT2D eigenvalue weighted by Gasteiger charge is -2.34. The first-order valence-electron chi connectivity index (χ1n) is 13.3. The molecule has 1 fully saturated rings. The van der Waals surface area contributed by atoms with E-state index in [-0.39, 0.29) is 36.7 Å². The van der Waals surface area contributed by atoms with Crippen LogP contribution < -0.4 is 5.32 Å². The van der Waals surface area contributed by atoms with E-state index in [4.69, 9.17) is 4.74 Å². The summed E-state index contributed by atoms with van der Waals surface area (Å²) in [7, 11) is 0. The molecule has 0 radical (unpaired) electrons. The van der Waals surface area contributed by atoms with E-state index in [0.717, 1.165) is 30.8 Å². The zero-order valence-corrected chi connectivity index (χ0v) is 21.9. The second-order valence-corrected chi connectivity index (χ2v) is 9.72. The third-order valence-electron chi connectivity index (χ3n) is 7.24. The van der Waals surface area contributed by atoms with Crippen molar-refractivity contribution in [2.75, 3.05) is 32.8 Å². The molecule has 37 heavy (non-hydrogen) atoms. The van der Waals surface area contributed by atoms with Crippen LogP contribution in [0, 0.1) is 0 Å². The van der Waals surface area contributed by atoms with E-state index in [1.807, 2.05) is 49.4 Å². The Morgan fingerprint density at radius 2 is 1.70 bits per heavy atom. The highest BCUT2D eigenvalue weighted by Gasteiger charge is 2.36. The SMILES string of the molecule is CCOC(=O)C1=C(C)N(Cc2ccc(C(=O)NCCN3CCCCC3)cc2)C(=O)C[C@H]1c1ccccc1. The van der Waals surface area contributed by atoms with E-state index in [1.165, 1.54) is 19.3 Å². The standard InChI is InChI=1S/C30H37N3O4/c1-3-37-30(36)28-22(2)33(27(34)20-26(28)24-10-6-4-7-11-24)21-23-12-14-25(15-13-23)29(35)31-16-19-32-17-8-5-9-18-32/h4,6-7,10-15,26H,3,5,8-9,16-21H2,1-2H3,(H,31,35)/t26-/m0/s1. The van der Waals surface area contributed by atoms with Gasteiger partial charge < -0.3 is 19.9 Å². The molecule has 0 aliphatic carbocycles. The highest BCUT2D eigenvalue weighted by Crippen LogP contribution is 2.37. The van der Waals surface area contributed by atoms with Gasteiger partial charge in [0.15, 0.2) is 0 Å². The highest BCUT2D eigenvalue weighted by molar-refractivity contribution is 5.96. The number of allylic oxidation sites excluding steroid dienone is 1. The molecule has 0 unspecified atom stereocenters. The Morgan fingerprint density at radius 1 is 1.00 bits per heavy atom. The van der Waals surface area contributed by atoms with E-state index >= 15 is 0 Å². The van der Waals surface area contributed by atoms with Gasteiger partial charge in [0.1, 0.15) is 0 Å². The van der Waals surface area contributed by atoms with Crippen molar-refractivity contribution in [3.8, 4) is 0 Å². The summed E-state index contributed by atoms with van der Waals surface area (Å²) in [6.45, 7) is 7.91. The zero-order valence-electron chi connectivity index (χ0n) is 21.9. The Hall–Kier alpha value is -3.45. The number of hydrogen-bond donors (Lipinski definition) is 1. The van der Waals surface area contributed by atoms with Crippen LogP contribution in [0.2, 0.25) is 0 Å². The Kier molecular flexibility index (Phi) is 9.12. The van der Waals surface area contributed by atoms with Gasteiger partial charge in [-0.15, -0.1) is 0 Å². The summed E-state index contributed by atoms with van der Waals surface area (Å²) in [5.74, 6) is -0.856. The fourth-order valence-electron chi connectivity index (χ4n) is 5.20. The van der Waals surface area contributed by atoms with E-state index in [0.29, 0.717) is 29.9 Å². The highest BCUT2D eigenvalue weighted by atomic mass is 16.5. The fraction of sp³-hybridized carbons (Fsp3) is 0.433. The number of amides is 2. The second-order valence-electron chi connectivity index (χ2n) is 9.72. The predicted molar refractivity (Wildman–Crippen MR) is 143 cm³/mol. The average Bonchev–Trinajstić information content (AvgIpc) is 2.92. The number of piperidine rings is 1. The molecule has 2 aromatic rings. The molecule has 1 atom stereocenters. The maximum absolute atomic E-state index is 13.2. The second kappa shape index (κ2) is 12.7. The van der Waals surface area contributed by atoms with Crippen molar-refractivity contribution in [1.29, 1.82) is 0 Å². The number of hydrogen-bond acceptors (Lipinski definition) is 5. The van der Waals surface area contributed by atoms with Gasteiger partial charge >= 0.3 is 5.97 Å². The Bertz CT molecular complexity index is 1120. The van der Waals surface area contributed by atoms with Gasteiger partial charge in [0.2, 0.25) is 5.91 Å². The van der Waals surface area contributed by atoms with Crippen molar-refractivity contribution < 1.29 is 19.1 Å². The first-order valence-corrected chi connectivity index (χ1v) is 13.3. The molecular weight excluding hydrogens is 466 g/mol. The van der Waals surface area contributed by atoms with Gasteiger partial charge in [-0.25, -0.2) is 4.79 Å². The molecule has 2 aliphatic rings. The largest absolute Gasteiger partial charge is 0.463 e. The number of ether oxygens (including phenoxy) is 1. The van der Waals surface area contributed by atoms with Crippen LogP contribution in [0.15, 0.2) is 65.9 Å². The third-order valence-corrected chi connectivity index (χ3v) is 7.24. The van der Waals surface area contributed by atoms with Crippen molar-refractivity contribution in [2.45, 2.75) is 52.0 Å². The van der Waals surface area contributed by atoms with Gasteiger partial charge in [-0.3, -0.25) is 9.59 Å². The molecule has 0 bridgehead atoms. The van der Waals surface area contributed by atoms with Crippen molar-refractivity contribution in [3.05, 3.63) is 82.6 Å². The molecular formula is C30H37N3O4. The summed E-state index contributed by atoms with van der Waals surface area (Å²) < 4.78 is 5.37. The molecule has 7 nitrogen and oxygen atoms in total. The number of carbonyl (C=O) groups excluding carboxylic acids is 3. The molecule has 2 aromatic carbocycles. The summed E-state index contributed by atoms with van der Waals surface area (Å²) in [6.07, 6.45) is 3.97. The third kappa shape index (κ3) is 6.66. The van der Waals surface area contributed by atoms with E-state index < -0.39 is 0 Å². The molecule has 2 aliphatic heterocycles. The summed E-state index contributed by atoms with van der Waals surface area (Å²) in [4.78, 5) is 42.8. The van der Waals surface area contributed by atoms with Gasteiger partial charge in [-0.2, -0.15) is 0 Å². The van der Waals surface area contributed by atoms with E-state index in [9.17, 15) is 14.4 Å². The van der Waals surface area contributed by atoms with Gasteiger partial charge in [0, 0.05) is 36.7 Å². The van der Waals surface area contributed by atoms with Crippen LogP contribution in [0.4, 0.5) is 0 Å². The first kappa shape index (κ1) is 26.6. The van der Waals surface area contributed by atoms with Crippen molar-refractivity contribution in [2.24, 2.45) is 0 Å². The van der Waals surface area contributed by atoms with Gasteiger partial charge in [0.05, 0.1) is 18.7 Å². The Morgan fingerprint density at radius 3 is 2.38 bits per heavy atom. The molecule has 0 saturated carbocycles. The van der Waals surface area contributed by atoms with Crippen LogP contribution in [0.3, 0.4) is 0 Å². The van der Waals surface area contributed by atoms with E-state index in [1.54, 1.807) is 24.0 Å². The number of benzene rings is 2. The Balaban J connectivity index is 1.44. The summed E-state index contributed by atoms with van der Waals surface area (Å²) in [5, 5.41) is 3.01. The molecule has 2 heterocycles. The number of nitrogens with zero attached hydrogens (tertiary/aromatic N) is 2. The maximum Gasteiger partial charge on any atom is 0.336 e. The minimum atomic E-state index is -0.386. The first-order chi connectivity index (χ1) is 18.0. The normalized spacial score (nSPS) is 18.6. The monoisotopic (exact) mass is 503 g/mol. The lowest BCUT2D eigenvalue weighted by Crippen LogP contribution is -2.38. The zero-order chi connectivity index (χ0) is 26.2. The van der Waals surface area contributed by atoms with Crippen LogP contribution in [0.5, 0.6) is 0 Å². The topological polar surface area (TPSA) is 79.0 Å². The minimum Gasteiger partial charge on any atom is -0.463 e. The molecule has 1 saturated heterocycles. The summed E-state index contributed by atoms with van der Waals surface area (Å²) >= 11 is 0. The maximum atomic E-state index is 13.2. The minimum absolute atomic E-state index is 0.0427. The number of esters is 1. The number of nitrogens with one attached hydrogen (secondary N) is 1. The molecule has 2 amide bonds. The van der Waals surface area contributed by atoms with Crippen LogP contribution in [-0.2, 0) is 20.9 Å². The summed E-state index contributed by atoms with van der Waals surface area (Å²) in [6, 6.07) is 16.9. The van der Waals surface area contributed by atoms with Gasteiger partial charge in [-0.05, 0) is 63.0 Å². The molecule has 196 valence electrons. The van der Waals surface area contributed by atoms with Crippen molar-refractivity contribution >= 4 is 17.8 Å². The number of likely N-dealkylation sites (tertiary alicyclic amines) is 1.